The van der Waals surface area contributed by atoms with Gasteiger partial charge in [-0.2, -0.15) is 0 Å². The maximum Gasteiger partial charge on any atom is 0.0449 e. The Hall–Kier alpha value is -0.830. The number of halogens is 2. The van der Waals surface area contributed by atoms with Gasteiger partial charge in [-0.1, -0.05) is 71.7 Å². The Bertz CT molecular complexity index is 580. The molecule has 0 saturated heterocycles. The Labute approximate surface area is 140 Å². The fourth-order valence-corrected chi connectivity index (χ4v) is 3.20. The van der Waals surface area contributed by atoms with E-state index in [-0.39, 0.29) is 0 Å². The molecule has 21 heavy (non-hydrogen) atoms. The van der Waals surface area contributed by atoms with Crippen molar-refractivity contribution >= 4 is 27.5 Å². The summed E-state index contributed by atoms with van der Waals surface area (Å²) in [6.45, 7) is 5.25. The highest BCUT2D eigenvalue weighted by Crippen LogP contribution is 2.26. The second kappa shape index (κ2) is 7.98. The summed E-state index contributed by atoms with van der Waals surface area (Å²) in [5.41, 5.74) is 3.86. The van der Waals surface area contributed by atoms with Crippen molar-refractivity contribution in [1.82, 2.24) is 5.32 Å². The first kappa shape index (κ1) is 16.5. The fraction of sp³-hybridized carbons (Fsp3) is 0.333. The summed E-state index contributed by atoms with van der Waals surface area (Å²) in [6, 6.07) is 15.3. The summed E-state index contributed by atoms with van der Waals surface area (Å²) < 4.78 is 1.02. The molecule has 2 aromatic carbocycles. The number of aryl methyl sites for hydroxylation is 1. The van der Waals surface area contributed by atoms with E-state index >= 15 is 0 Å². The largest absolute Gasteiger partial charge is 0.310 e. The molecule has 0 fully saturated rings. The predicted octanol–water partition coefficient (Wildman–Crippen LogP) is 5.56. The first-order valence-corrected chi connectivity index (χ1v) is 8.57. The van der Waals surface area contributed by atoms with E-state index in [0.717, 1.165) is 28.9 Å². The number of rotatable bonds is 6. The van der Waals surface area contributed by atoms with Crippen molar-refractivity contribution in [3.63, 3.8) is 0 Å². The Kier molecular flexibility index (Phi) is 6.28. The predicted molar refractivity (Wildman–Crippen MR) is 95.1 cm³/mol. The lowest BCUT2D eigenvalue weighted by Crippen LogP contribution is -2.23. The van der Waals surface area contributed by atoms with Gasteiger partial charge in [0, 0.05) is 15.5 Å². The van der Waals surface area contributed by atoms with Crippen molar-refractivity contribution in [2.45, 2.75) is 32.7 Å². The van der Waals surface area contributed by atoms with Crippen LogP contribution in [0.25, 0.3) is 0 Å². The molecule has 2 aromatic rings. The van der Waals surface area contributed by atoms with E-state index in [1.807, 2.05) is 12.1 Å². The lowest BCUT2D eigenvalue weighted by atomic mass is 9.97. The Morgan fingerprint density at radius 3 is 2.38 bits per heavy atom. The van der Waals surface area contributed by atoms with E-state index in [4.69, 9.17) is 11.6 Å². The monoisotopic (exact) mass is 365 g/mol. The van der Waals surface area contributed by atoms with Crippen LogP contribution in [-0.4, -0.2) is 6.54 Å². The summed E-state index contributed by atoms with van der Waals surface area (Å²) >= 11 is 9.81. The summed E-state index contributed by atoms with van der Waals surface area (Å²) in [5, 5.41) is 4.37. The van der Waals surface area contributed by atoms with Crippen LogP contribution in [0.2, 0.25) is 5.02 Å². The Morgan fingerprint density at radius 1 is 1.10 bits per heavy atom. The normalized spacial score (nSPS) is 12.4. The number of hydrogen-bond donors (Lipinski definition) is 1. The second-order valence-electron chi connectivity index (χ2n) is 5.15. The van der Waals surface area contributed by atoms with Crippen molar-refractivity contribution in [1.29, 1.82) is 0 Å². The van der Waals surface area contributed by atoms with Crippen molar-refractivity contribution in [3.05, 3.63) is 68.7 Å². The van der Waals surface area contributed by atoms with Crippen LogP contribution >= 0.6 is 27.5 Å². The maximum atomic E-state index is 6.35. The van der Waals surface area contributed by atoms with Gasteiger partial charge in [0.05, 0.1) is 0 Å². The van der Waals surface area contributed by atoms with Gasteiger partial charge in [0.25, 0.3) is 0 Å². The van der Waals surface area contributed by atoms with Crippen LogP contribution in [0.3, 0.4) is 0 Å². The molecular formula is C18H21BrClN. The number of nitrogens with one attached hydrogen (secondary N) is 1. The molecule has 0 heterocycles. The van der Waals surface area contributed by atoms with Crippen LogP contribution in [0.4, 0.5) is 0 Å². The van der Waals surface area contributed by atoms with E-state index in [0.29, 0.717) is 6.04 Å². The fourth-order valence-electron chi connectivity index (χ4n) is 2.45. The van der Waals surface area contributed by atoms with Gasteiger partial charge in [0.1, 0.15) is 0 Å². The van der Waals surface area contributed by atoms with Crippen LogP contribution in [0.1, 0.15) is 36.6 Å². The zero-order chi connectivity index (χ0) is 15.2. The topological polar surface area (TPSA) is 12.0 Å². The third-order valence-corrected chi connectivity index (χ3v) is 4.53. The molecule has 0 spiro atoms. The molecule has 0 saturated carbocycles. The number of benzene rings is 2. The molecule has 1 N–H and O–H groups in total. The van der Waals surface area contributed by atoms with Gasteiger partial charge < -0.3 is 5.32 Å². The van der Waals surface area contributed by atoms with Crippen LogP contribution in [0.15, 0.2) is 46.9 Å². The van der Waals surface area contributed by atoms with Crippen molar-refractivity contribution < 1.29 is 0 Å². The van der Waals surface area contributed by atoms with Gasteiger partial charge >= 0.3 is 0 Å². The van der Waals surface area contributed by atoms with Gasteiger partial charge in [-0.15, -0.1) is 0 Å². The van der Waals surface area contributed by atoms with Crippen molar-refractivity contribution in [3.8, 4) is 0 Å². The molecule has 0 radical (unpaired) electrons. The minimum atomic E-state index is 0.291. The van der Waals surface area contributed by atoms with Gasteiger partial charge in [-0.25, -0.2) is 0 Å². The maximum absolute atomic E-state index is 6.35. The molecule has 112 valence electrons. The van der Waals surface area contributed by atoms with E-state index in [1.165, 1.54) is 16.7 Å². The molecule has 0 bridgehead atoms. The van der Waals surface area contributed by atoms with E-state index < -0.39 is 0 Å². The van der Waals surface area contributed by atoms with Gasteiger partial charge in [0.2, 0.25) is 0 Å². The molecular weight excluding hydrogens is 346 g/mol. The van der Waals surface area contributed by atoms with E-state index in [9.17, 15) is 0 Å². The third kappa shape index (κ3) is 4.57. The summed E-state index contributed by atoms with van der Waals surface area (Å²) in [7, 11) is 0. The molecule has 0 aromatic heterocycles. The molecule has 1 atom stereocenters. The molecule has 1 unspecified atom stereocenters. The summed E-state index contributed by atoms with van der Waals surface area (Å²) in [6.07, 6.45) is 1.97. The lowest BCUT2D eigenvalue weighted by molar-refractivity contribution is 0.550. The molecule has 0 amide bonds. The first-order valence-electron chi connectivity index (χ1n) is 7.40. The van der Waals surface area contributed by atoms with E-state index in [1.54, 1.807) is 0 Å². The minimum Gasteiger partial charge on any atom is -0.310 e. The highest BCUT2D eigenvalue weighted by molar-refractivity contribution is 9.10. The molecule has 0 aliphatic heterocycles. The smallest absolute Gasteiger partial charge is 0.0449 e. The second-order valence-corrected chi connectivity index (χ2v) is 6.47. The van der Waals surface area contributed by atoms with Crippen LogP contribution in [0, 0.1) is 0 Å². The molecule has 0 aliphatic carbocycles. The first-order chi connectivity index (χ1) is 10.1. The number of hydrogen-bond acceptors (Lipinski definition) is 1. The highest BCUT2D eigenvalue weighted by atomic mass is 79.9. The molecule has 0 aliphatic rings. The summed E-state index contributed by atoms with van der Waals surface area (Å²) in [4.78, 5) is 0. The third-order valence-electron chi connectivity index (χ3n) is 3.68. The van der Waals surface area contributed by atoms with Crippen LogP contribution in [-0.2, 0) is 12.8 Å². The van der Waals surface area contributed by atoms with Crippen LogP contribution in [0.5, 0.6) is 0 Å². The SMILES string of the molecule is CCNC(Cc1ccc(Br)cc1Cl)c1ccc(CC)cc1. The quantitative estimate of drug-likeness (QED) is 0.706. The average Bonchev–Trinajstić information content (AvgIpc) is 2.49. The summed E-state index contributed by atoms with van der Waals surface area (Å²) in [5.74, 6) is 0. The highest BCUT2D eigenvalue weighted by Gasteiger charge is 2.13. The van der Waals surface area contributed by atoms with E-state index in [2.05, 4.69) is 65.4 Å². The van der Waals surface area contributed by atoms with Crippen molar-refractivity contribution in [2.24, 2.45) is 0 Å². The zero-order valence-corrected chi connectivity index (χ0v) is 14.8. The Balaban J connectivity index is 2.21. The zero-order valence-electron chi connectivity index (χ0n) is 12.5. The van der Waals surface area contributed by atoms with Gasteiger partial charge in [0.15, 0.2) is 0 Å². The standard InChI is InChI=1S/C18H21BrClN/c1-3-13-5-7-14(8-6-13)18(21-4-2)11-15-9-10-16(19)12-17(15)20/h5-10,12,18,21H,3-4,11H2,1-2H3. The Morgan fingerprint density at radius 2 is 1.81 bits per heavy atom. The lowest BCUT2D eigenvalue weighted by Gasteiger charge is -2.19. The average molecular weight is 367 g/mol. The number of likely N-dealkylation sites (N-methyl/N-ethyl adjacent to an activating group) is 1. The van der Waals surface area contributed by atoms with Crippen molar-refractivity contribution in [2.75, 3.05) is 6.54 Å². The van der Waals surface area contributed by atoms with Gasteiger partial charge in [-0.3, -0.25) is 0 Å². The van der Waals surface area contributed by atoms with Crippen LogP contribution < -0.4 is 5.32 Å². The molecule has 3 heteroatoms. The van der Waals surface area contributed by atoms with Gasteiger partial charge in [-0.05, 0) is 48.2 Å². The minimum absolute atomic E-state index is 0.291. The molecule has 2 rings (SSSR count). The molecule has 1 nitrogen and oxygen atoms in total.